The van der Waals surface area contributed by atoms with Gasteiger partial charge in [-0.15, -0.1) is 0 Å². The SMILES string of the molecule is CCOC(=O)C1=C(c2ccccc2)N=c2s/c(=C/c3ccc4c(c3)n(C)c(=O)n4C)c(=O)n2[C@H]1c1ccc(OC)cc1. The molecule has 0 amide bonds. The topological polar surface area (TPSA) is 96.8 Å². The van der Waals surface area contributed by atoms with Crippen LogP contribution in [0.1, 0.15) is 29.7 Å². The number of hydrogen-bond donors (Lipinski definition) is 0. The molecule has 212 valence electrons. The molecule has 3 heterocycles. The van der Waals surface area contributed by atoms with Gasteiger partial charge >= 0.3 is 11.7 Å². The average Bonchev–Trinajstić information content (AvgIpc) is 3.44. The van der Waals surface area contributed by atoms with Gasteiger partial charge in [0.15, 0.2) is 4.80 Å². The predicted molar refractivity (Wildman–Crippen MR) is 162 cm³/mol. The molecule has 1 aliphatic rings. The number of esters is 1. The fourth-order valence-corrected chi connectivity index (χ4v) is 6.31. The standard InChI is InChI=1S/C32H28N4O5S/c1-5-41-30(38)26-27(20-9-7-6-8-10-20)33-31-36(28(26)21-12-14-22(40-4)15-13-21)29(37)25(42-31)18-19-11-16-23-24(17-19)35(3)32(39)34(23)2/h6-18,28H,5H2,1-4H3/b25-18+/t28-/m0/s1. The van der Waals surface area contributed by atoms with Crippen LogP contribution in [0.5, 0.6) is 5.75 Å². The number of imidazole rings is 1. The van der Waals surface area contributed by atoms with Gasteiger partial charge in [-0.2, -0.15) is 0 Å². The maximum absolute atomic E-state index is 14.1. The molecule has 0 spiro atoms. The van der Waals surface area contributed by atoms with Crippen LogP contribution in [0.2, 0.25) is 0 Å². The lowest BCUT2D eigenvalue weighted by Gasteiger charge is -2.26. The summed E-state index contributed by atoms with van der Waals surface area (Å²) >= 11 is 1.25. The van der Waals surface area contributed by atoms with Crippen molar-refractivity contribution in [3.63, 3.8) is 0 Å². The lowest BCUT2D eigenvalue weighted by Crippen LogP contribution is -2.40. The van der Waals surface area contributed by atoms with Crippen molar-refractivity contribution in [2.75, 3.05) is 13.7 Å². The summed E-state index contributed by atoms with van der Waals surface area (Å²) in [7, 11) is 5.03. The normalized spacial score (nSPS) is 15.0. The molecular formula is C32H28N4O5S. The number of rotatable bonds is 6. The third-order valence-electron chi connectivity index (χ3n) is 7.40. The van der Waals surface area contributed by atoms with E-state index in [4.69, 9.17) is 14.5 Å². The molecule has 0 fully saturated rings. The second-order valence-corrected chi connectivity index (χ2v) is 10.9. The molecule has 0 aliphatic carbocycles. The summed E-state index contributed by atoms with van der Waals surface area (Å²) in [4.78, 5) is 45.5. The summed E-state index contributed by atoms with van der Waals surface area (Å²) < 4.78 is 16.1. The summed E-state index contributed by atoms with van der Waals surface area (Å²) in [5.41, 5.74) is 4.13. The molecule has 10 heteroatoms. The summed E-state index contributed by atoms with van der Waals surface area (Å²) in [5.74, 6) is 0.118. The first-order chi connectivity index (χ1) is 20.3. The number of carbonyl (C=O) groups is 1. The average molecular weight is 581 g/mol. The van der Waals surface area contributed by atoms with Crippen LogP contribution in [0.4, 0.5) is 0 Å². The number of aryl methyl sites for hydroxylation is 2. The van der Waals surface area contributed by atoms with Crippen LogP contribution in [0, 0.1) is 0 Å². The highest BCUT2D eigenvalue weighted by molar-refractivity contribution is 7.07. The van der Waals surface area contributed by atoms with Crippen molar-refractivity contribution in [2.45, 2.75) is 13.0 Å². The molecule has 0 bridgehead atoms. The van der Waals surface area contributed by atoms with Crippen molar-refractivity contribution in [2.24, 2.45) is 19.1 Å². The van der Waals surface area contributed by atoms with Crippen molar-refractivity contribution in [3.05, 3.63) is 125 Å². The van der Waals surface area contributed by atoms with E-state index in [-0.39, 0.29) is 23.4 Å². The summed E-state index contributed by atoms with van der Waals surface area (Å²) in [5, 5.41) is 0. The van der Waals surface area contributed by atoms with Crippen molar-refractivity contribution < 1.29 is 14.3 Å². The van der Waals surface area contributed by atoms with Crippen molar-refractivity contribution in [1.29, 1.82) is 0 Å². The quantitative estimate of drug-likeness (QED) is 0.288. The van der Waals surface area contributed by atoms with E-state index in [2.05, 4.69) is 0 Å². The predicted octanol–water partition coefficient (Wildman–Crippen LogP) is 3.13. The van der Waals surface area contributed by atoms with Crippen LogP contribution in [0.15, 0.2) is 93.0 Å². The van der Waals surface area contributed by atoms with Gasteiger partial charge in [0.2, 0.25) is 0 Å². The molecule has 1 aliphatic heterocycles. The Kier molecular flexibility index (Phi) is 6.99. The minimum Gasteiger partial charge on any atom is -0.497 e. The minimum absolute atomic E-state index is 0.124. The molecule has 9 nitrogen and oxygen atoms in total. The van der Waals surface area contributed by atoms with Gasteiger partial charge in [-0.05, 0) is 48.4 Å². The maximum atomic E-state index is 14.1. The van der Waals surface area contributed by atoms with Gasteiger partial charge in [-0.25, -0.2) is 14.6 Å². The van der Waals surface area contributed by atoms with Gasteiger partial charge in [0.1, 0.15) is 5.75 Å². The molecule has 0 unspecified atom stereocenters. The Labute approximate surface area is 244 Å². The van der Waals surface area contributed by atoms with Crippen molar-refractivity contribution >= 4 is 40.1 Å². The Hall–Kier alpha value is -4.96. The number of aromatic nitrogens is 3. The molecule has 5 aromatic rings. The number of fused-ring (bicyclic) bond motifs is 2. The van der Waals surface area contributed by atoms with Crippen molar-refractivity contribution in [3.8, 4) is 5.75 Å². The highest BCUT2D eigenvalue weighted by Gasteiger charge is 2.35. The van der Waals surface area contributed by atoms with E-state index in [1.807, 2.05) is 60.7 Å². The van der Waals surface area contributed by atoms with Gasteiger partial charge in [-0.3, -0.25) is 18.5 Å². The van der Waals surface area contributed by atoms with E-state index in [9.17, 15) is 14.4 Å². The van der Waals surface area contributed by atoms with Crippen LogP contribution in [0.3, 0.4) is 0 Å². The third-order valence-corrected chi connectivity index (χ3v) is 8.38. The Balaban J connectivity index is 1.62. The van der Waals surface area contributed by atoms with Crippen LogP contribution in [-0.2, 0) is 23.6 Å². The number of methoxy groups -OCH3 is 1. The van der Waals surface area contributed by atoms with Gasteiger partial charge in [-0.1, -0.05) is 59.9 Å². The van der Waals surface area contributed by atoms with Gasteiger partial charge in [0.05, 0.1) is 46.6 Å². The molecule has 3 aromatic carbocycles. The second-order valence-electron chi connectivity index (χ2n) is 9.85. The lowest BCUT2D eigenvalue weighted by molar-refractivity contribution is -0.138. The first-order valence-electron chi connectivity index (χ1n) is 13.4. The number of thiazole rings is 1. The summed E-state index contributed by atoms with van der Waals surface area (Å²) in [6, 6.07) is 21.6. The fraction of sp³-hybridized carbons (Fsp3) is 0.188. The maximum Gasteiger partial charge on any atom is 0.338 e. The number of carbonyl (C=O) groups excluding carboxylic acids is 1. The van der Waals surface area contributed by atoms with Crippen molar-refractivity contribution in [1.82, 2.24) is 13.7 Å². The molecule has 42 heavy (non-hydrogen) atoms. The molecule has 0 saturated heterocycles. The number of nitrogens with zero attached hydrogens (tertiary/aromatic N) is 4. The van der Waals surface area contributed by atoms with E-state index in [0.717, 1.165) is 27.7 Å². The first kappa shape index (κ1) is 27.2. The Bertz CT molecular complexity index is 2120. The van der Waals surface area contributed by atoms with E-state index in [1.54, 1.807) is 60.0 Å². The summed E-state index contributed by atoms with van der Waals surface area (Å²) in [6.07, 6.45) is 1.79. The highest BCUT2D eigenvalue weighted by Crippen LogP contribution is 2.35. The fourth-order valence-electron chi connectivity index (χ4n) is 5.31. The molecule has 6 rings (SSSR count). The molecule has 0 saturated carbocycles. The Morgan fingerprint density at radius 1 is 0.976 bits per heavy atom. The number of benzene rings is 3. The first-order valence-corrected chi connectivity index (χ1v) is 14.2. The molecule has 0 N–H and O–H groups in total. The van der Waals surface area contributed by atoms with Gasteiger partial charge < -0.3 is 9.47 Å². The third kappa shape index (κ3) is 4.50. The largest absolute Gasteiger partial charge is 0.497 e. The van der Waals surface area contributed by atoms with E-state index in [0.29, 0.717) is 20.8 Å². The van der Waals surface area contributed by atoms with Crippen LogP contribution < -0.4 is 25.3 Å². The Morgan fingerprint density at radius 2 is 1.69 bits per heavy atom. The monoisotopic (exact) mass is 580 g/mol. The zero-order valence-corrected chi connectivity index (χ0v) is 24.3. The number of hydrogen-bond acceptors (Lipinski definition) is 7. The van der Waals surface area contributed by atoms with Crippen LogP contribution in [-0.4, -0.2) is 33.4 Å². The molecule has 0 radical (unpaired) electrons. The van der Waals surface area contributed by atoms with Gasteiger partial charge in [0, 0.05) is 19.7 Å². The van der Waals surface area contributed by atoms with E-state index in [1.165, 1.54) is 11.3 Å². The van der Waals surface area contributed by atoms with Gasteiger partial charge in [0.25, 0.3) is 5.56 Å². The molecule has 2 aromatic heterocycles. The summed E-state index contributed by atoms with van der Waals surface area (Å²) in [6.45, 7) is 1.92. The molecule has 1 atom stereocenters. The lowest BCUT2D eigenvalue weighted by atomic mass is 9.93. The minimum atomic E-state index is -0.777. The van der Waals surface area contributed by atoms with Crippen LogP contribution in [0.25, 0.3) is 22.8 Å². The van der Waals surface area contributed by atoms with E-state index >= 15 is 0 Å². The van der Waals surface area contributed by atoms with E-state index < -0.39 is 12.0 Å². The number of ether oxygens (including phenoxy) is 2. The Morgan fingerprint density at radius 3 is 2.38 bits per heavy atom. The zero-order valence-electron chi connectivity index (χ0n) is 23.5. The second kappa shape index (κ2) is 10.8. The zero-order chi connectivity index (χ0) is 29.5. The highest BCUT2D eigenvalue weighted by atomic mass is 32.1. The van der Waals surface area contributed by atoms with Crippen LogP contribution >= 0.6 is 11.3 Å². The smallest absolute Gasteiger partial charge is 0.338 e. The molecular weight excluding hydrogens is 552 g/mol.